The van der Waals surface area contributed by atoms with E-state index in [0.717, 1.165) is 0 Å². The molecule has 0 aliphatic heterocycles. The molecule has 4 nitrogen and oxygen atoms in total. The van der Waals surface area contributed by atoms with Crippen LogP contribution in [0.3, 0.4) is 0 Å². The van der Waals surface area contributed by atoms with Crippen molar-refractivity contribution in [1.29, 1.82) is 0 Å². The highest BCUT2D eigenvalue weighted by molar-refractivity contribution is 5.95. The van der Waals surface area contributed by atoms with Gasteiger partial charge in [-0.1, -0.05) is 6.07 Å². The van der Waals surface area contributed by atoms with Crippen LogP contribution in [0.25, 0.3) is 21.9 Å². The summed E-state index contributed by atoms with van der Waals surface area (Å²) >= 11 is 0. The molecule has 0 aliphatic carbocycles. The number of hydrogen-bond donors (Lipinski definition) is 2. The number of aromatic nitrogens is 2. The van der Waals surface area contributed by atoms with Gasteiger partial charge in [0.2, 0.25) is 0 Å². The summed E-state index contributed by atoms with van der Waals surface area (Å²) in [5.41, 5.74) is 1.20. The summed E-state index contributed by atoms with van der Waals surface area (Å²) in [7, 11) is 0. The number of aromatic carboxylic acids is 1. The summed E-state index contributed by atoms with van der Waals surface area (Å²) in [4.78, 5) is 10.9. The van der Waals surface area contributed by atoms with E-state index in [4.69, 9.17) is 5.11 Å². The Labute approximate surface area is 107 Å². The van der Waals surface area contributed by atoms with Gasteiger partial charge in [-0.25, -0.2) is 9.18 Å². The quantitative estimate of drug-likeness (QED) is 0.740. The third kappa shape index (κ3) is 1.95. The standard InChI is InChI=1S/C14H9FN2O2/c15-13-5-8-1-2-9(14(18)19)3-10(8)4-12(13)11-6-16-17-7-11/h1-7H,(H,16,17)(H,18,19). The molecule has 0 saturated heterocycles. The number of nitrogens with zero attached hydrogens (tertiary/aromatic N) is 1. The van der Waals surface area contributed by atoms with Gasteiger partial charge in [0.1, 0.15) is 5.82 Å². The zero-order valence-corrected chi connectivity index (χ0v) is 9.72. The van der Waals surface area contributed by atoms with Crippen LogP contribution in [0.5, 0.6) is 0 Å². The van der Waals surface area contributed by atoms with Gasteiger partial charge >= 0.3 is 5.97 Å². The molecule has 3 aromatic rings. The van der Waals surface area contributed by atoms with Crippen molar-refractivity contribution in [3.63, 3.8) is 0 Å². The van der Waals surface area contributed by atoms with Crippen LogP contribution in [-0.4, -0.2) is 21.3 Å². The van der Waals surface area contributed by atoms with Gasteiger partial charge in [-0.3, -0.25) is 5.10 Å². The molecule has 0 unspecified atom stereocenters. The normalized spacial score (nSPS) is 10.8. The van der Waals surface area contributed by atoms with E-state index in [2.05, 4.69) is 10.2 Å². The molecule has 0 saturated carbocycles. The second-order valence-corrected chi connectivity index (χ2v) is 4.19. The molecule has 0 radical (unpaired) electrons. The van der Waals surface area contributed by atoms with Crippen LogP contribution in [0.4, 0.5) is 4.39 Å². The van der Waals surface area contributed by atoms with E-state index in [-0.39, 0.29) is 11.4 Å². The van der Waals surface area contributed by atoms with Gasteiger partial charge in [0, 0.05) is 17.3 Å². The predicted molar refractivity (Wildman–Crippen MR) is 68.4 cm³/mol. The Balaban J connectivity index is 2.25. The van der Waals surface area contributed by atoms with Gasteiger partial charge in [-0.15, -0.1) is 0 Å². The van der Waals surface area contributed by atoms with Gasteiger partial charge in [0.15, 0.2) is 0 Å². The van der Waals surface area contributed by atoms with Crippen LogP contribution in [-0.2, 0) is 0 Å². The molecule has 0 atom stereocenters. The summed E-state index contributed by atoms with van der Waals surface area (Å²) in [6, 6.07) is 7.61. The van der Waals surface area contributed by atoms with Gasteiger partial charge < -0.3 is 5.11 Å². The minimum Gasteiger partial charge on any atom is -0.478 e. The smallest absolute Gasteiger partial charge is 0.335 e. The minimum absolute atomic E-state index is 0.178. The van der Waals surface area contributed by atoms with E-state index in [0.29, 0.717) is 21.9 Å². The summed E-state index contributed by atoms with van der Waals surface area (Å²) in [6.07, 6.45) is 3.11. The number of carbonyl (C=O) groups is 1. The largest absolute Gasteiger partial charge is 0.478 e. The van der Waals surface area contributed by atoms with E-state index in [1.165, 1.54) is 24.4 Å². The highest BCUT2D eigenvalue weighted by Crippen LogP contribution is 2.27. The van der Waals surface area contributed by atoms with Crippen molar-refractivity contribution >= 4 is 16.7 Å². The number of nitrogens with one attached hydrogen (secondary N) is 1. The summed E-state index contributed by atoms with van der Waals surface area (Å²) < 4.78 is 14.0. The number of rotatable bonds is 2. The molecule has 2 aromatic carbocycles. The molecule has 0 aliphatic rings. The molecule has 19 heavy (non-hydrogen) atoms. The first-order chi connectivity index (χ1) is 9.15. The number of carboxylic acids is 1. The molecule has 1 aromatic heterocycles. The van der Waals surface area contributed by atoms with Crippen LogP contribution in [0.1, 0.15) is 10.4 Å². The van der Waals surface area contributed by atoms with Crippen LogP contribution in [0.15, 0.2) is 42.7 Å². The first kappa shape index (κ1) is 11.4. The minimum atomic E-state index is -1.00. The molecule has 0 bridgehead atoms. The molecule has 0 fully saturated rings. The molecular formula is C14H9FN2O2. The fourth-order valence-corrected chi connectivity index (χ4v) is 2.02. The van der Waals surface area contributed by atoms with Gasteiger partial charge in [-0.05, 0) is 35.0 Å². The average Bonchev–Trinajstić information content (AvgIpc) is 2.91. The van der Waals surface area contributed by atoms with Crippen LogP contribution >= 0.6 is 0 Å². The Bertz CT molecular complexity index is 766. The Morgan fingerprint density at radius 1 is 1.21 bits per heavy atom. The zero-order valence-electron chi connectivity index (χ0n) is 9.72. The SMILES string of the molecule is O=C(O)c1ccc2cc(F)c(-c3cn[nH]c3)cc2c1. The second kappa shape index (κ2) is 4.20. The molecule has 94 valence electrons. The fraction of sp³-hybridized carbons (Fsp3) is 0. The fourth-order valence-electron chi connectivity index (χ4n) is 2.02. The van der Waals surface area contributed by atoms with Gasteiger partial charge in [0.25, 0.3) is 0 Å². The Morgan fingerprint density at radius 3 is 2.74 bits per heavy atom. The maximum Gasteiger partial charge on any atom is 0.335 e. The average molecular weight is 256 g/mol. The van der Waals surface area contributed by atoms with Crippen LogP contribution in [0, 0.1) is 5.82 Å². The number of aromatic amines is 1. The summed E-state index contributed by atoms with van der Waals surface area (Å²) in [5.74, 6) is -1.37. The number of hydrogen-bond acceptors (Lipinski definition) is 2. The summed E-state index contributed by atoms with van der Waals surface area (Å²) in [6.45, 7) is 0. The van der Waals surface area contributed by atoms with E-state index in [1.54, 1.807) is 18.3 Å². The molecule has 3 rings (SSSR count). The highest BCUT2D eigenvalue weighted by atomic mass is 19.1. The van der Waals surface area contributed by atoms with Crippen molar-refractivity contribution in [2.45, 2.75) is 0 Å². The van der Waals surface area contributed by atoms with Crippen molar-refractivity contribution in [2.75, 3.05) is 0 Å². The number of carboxylic acid groups (broad SMARTS) is 1. The summed E-state index contributed by atoms with van der Waals surface area (Å²) in [5, 5.41) is 16.7. The van der Waals surface area contributed by atoms with Crippen molar-refractivity contribution in [2.24, 2.45) is 0 Å². The lowest BCUT2D eigenvalue weighted by atomic mass is 10.0. The van der Waals surface area contributed by atoms with E-state index in [1.807, 2.05) is 0 Å². The topological polar surface area (TPSA) is 66.0 Å². The number of halogens is 1. The Hall–Kier alpha value is -2.69. The maximum absolute atomic E-state index is 14.0. The zero-order chi connectivity index (χ0) is 13.4. The number of H-pyrrole nitrogens is 1. The van der Waals surface area contributed by atoms with E-state index < -0.39 is 5.97 Å². The Morgan fingerprint density at radius 2 is 2.05 bits per heavy atom. The lowest BCUT2D eigenvalue weighted by Gasteiger charge is -2.05. The lowest BCUT2D eigenvalue weighted by Crippen LogP contribution is -1.95. The molecule has 0 amide bonds. The molecule has 2 N–H and O–H groups in total. The monoisotopic (exact) mass is 256 g/mol. The predicted octanol–water partition coefficient (Wildman–Crippen LogP) is 3.07. The van der Waals surface area contributed by atoms with Crippen LogP contribution < -0.4 is 0 Å². The third-order valence-electron chi connectivity index (χ3n) is 2.98. The highest BCUT2D eigenvalue weighted by Gasteiger charge is 2.10. The Kier molecular flexibility index (Phi) is 2.52. The van der Waals surface area contributed by atoms with Crippen molar-refractivity contribution in [3.8, 4) is 11.1 Å². The van der Waals surface area contributed by atoms with Gasteiger partial charge in [0.05, 0.1) is 11.8 Å². The van der Waals surface area contributed by atoms with Crippen molar-refractivity contribution < 1.29 is 14.3 Å². The molecular weight excluding hydrogens is 247 g/mol. The van der Waals surface area contributed by atoms with Crippen LogP contribution in [0.2, 0.25) is 0 Å². The van der Waals surface area contributed by atoms with E-state index in [9.17, 15) is 9.18 Å². The maximum atomic E-state index is 14.0. The van der Waals surface area contributed by atoms with Gasteiger partial charge in [-0.2, -0.15) is 5.10 Å². The molecule has 1 heterocycles. The first-order valence-corrected chi connectivity index (χ1v) is 5.61. The molecule has 5 heteroatoms. The lowest BCUT2D eigenvalue weighted by molar-refractivity contribution is 0.0697. The first-order valence-electron chi connectivity index (χ1n) is 5.61. The van der Waals surface area contributed by atoms with Crippen molar-refractivity contribution in [1.82, 2.24) is 10.2 Å². The van der Waals surface area contributed by atoms with E-state index >= 15 is 0 Å². The van der Waals surface area contributed by atoms with Crippen molar-refractivity contribution in [3.05, 3.63) is 54.1 Å². The number of fused-ring (bicyclic) bond motifs is 1. The second-order valence-electron chi connectivity index (χ2n) is 4.19. The number of benzene rings is 2. The molecule has 0 spiro atoms. The third-order valence-corrected chi connectivity index (χ3v) is 2.98.